The number of fused-ring (bicyclic) bond motifs is 3. The van der Waals surface area contributed by atoms with Crippen LogP contribution in [0.5, 0.6) is 0 Å². The van der Waals surface area contributed by atoms with Crippen LogP contribution in [0.2, 0.25) is 0 Å². The molecule has 2 bridgehead atoms. The van der Waals surface area contributed by atoms with Gasteiger partial charge in [0.2, 0.25) is 5.91 Å². The highest BCUT2D eigenvalue weighted by atomic mass is 32.2. The molecule has 1 aromatic carbocycles. The molecule has 0 spiro atoms. The van der Waals surface area contributed by atoms with E-state index in [1.165, 1.54) is 36.0 Å². The third-order valence-corrected chi connectivity index (χ3v) is 10.6. The van der Waals surface area contributed by atoms with Gasteiger partial charge in [-0.2, -0.15) is 0 Å². The van der Waals surface area contributed by atoms with Crippen molar-refractivity contribution in [2.45, 2.75) is 99.2 Å². The normalized spacial score (nSPS) is 38.3. The predicted molar refractivity (Wildman–Crippen MR) is 164 cm³/mol. The Hall–Kier alpha value is -2.06. The lowest BCUT2D eigenvalue weighted by atomic mass is 9.85. The summed E-state index contributed by atoms with van der Waals surface area (Å²) in [6, 6.07) is 4.06. The highest BCUT2D eigenvalue weighted by Crippen LogP contribution is 2.36. The fourth-order valence-corrected chi connectivity index (χ4v) is 8.21. The van der Waals surface area contributed by atoms with Gasteiger partial charge in [0.1, 0.15) is 41.7 Å². The van der Waals surface area contributed by atoms with Gasteiger partial charge in [0.15, 0.2) is 0 Å². The average Bonchev–Trinajstić information content (AvgIpc) is 3.28. The number of hydrogen-bond donors (Lipinski definition) is 6. The molecule has 0 aromatic heterocycles. The molecule has 3 fully saturated rings. The number of benzene rings is 1. The van der Waals surface area contributed by atoms with Crippen molar-refractivity contribution in [2.24, 2.45) is 17.8 Å². The number of ether oxygens (including phenoxy) is 2. The maximum Gasteiger partial charge on any atom is 0.251 e. The molecule has 2 amide bonds. The minimum atomic E-state index is -1.49. The largest absolute Gasteiger partial charge is 0.388 e. The first kappa shape index (κ1) is 33.3. The Morgan fingerprint density at radius 2 is 1.82 bits per heavy atom. The number of nitrogens with one attached hydrogen (secondary N) is 3. The highest BCUT2D eigenvalue weighted by molar-refractivity contribution is 8.00. The molecule has 3 saturated heterocycles. The summed E-state index contributed by atoms with van der Waals surface area (Å²) < 4.78 is 25.7. The quantitative estimate of drug-likeness (QED) is 0.247. The second-order valence-corrected chi connectivity index (χ2v) is 14.4. The van der Waals surface area contributed by atoms with Crippen LogP contribution < -0.4 is 16.0 Å². The molecule has 5 rings (SSSR count). The van der Waals surface area contributed by atoms with Gasteiger partial charge in [0.05, 0.1) is 12.1 Å². The predicted octanol–water partition coefficient (Wildman–Crippen LogP) is 1.73. The van der Waals surface area contributed by atoms with Gasteiger partial charge < -0.3 is 40.7 Å². The molecule has 4 aliphatic rings. The Labute approximate surface area is 262 Å². The van der Waals surface area contributed by atoms with Crippen LogP contribution in [0.3, 0.4) is 0 Å². The van der Waals surface area contributed by atoms with E-state index in [2.05, 4.69) is 29.8 Å². The molecular formula is C32H46FN3O7S. The molecule has 44 heavy (non-hydrogen) atoms. The van der Waals surface area contributed by atoms with Crippen molar-refractivity contribution >= 4 is 23.6 Å². The Balaban J connectivity index is 1.24. The Bertz CT molecular complexity index is 1160. The van der Waals surface area contributed by atoms with Gasteiger partial charge in [0, 0.05) is 30.5 Å². The summed E-state index contributed by atoms with van der Waals surface area (Å²) in [6.07, 6.45) is 2.35. The summed E-state index contributed by atoms with van der Waals surface area (Å²) in [5, 5.41) is 41.6. The van der Waals surface area contributed by atoms with Crippen LogP contribution in [0.15, 0.2) is 36.4 Å². The molecule has 4 aliphatic heterocycles. The van der Waals surface area contributed by atoms with E-state index in [1.807, 2.05) is 12.2 Å². The molecule has 11 atom stereocenters. The lowest BCUT2D eigenvalue weighted by Gasteiger charge is -2.44. The van der Waals surface area contributed by atoms with Crippen LogP contribution in [-0.2, 0) is 14.3 Å². The van der Waals surface area contributed by atoms with Crippen LogP contribution >= 0.6 is 11.8 Å². The monoisotopic (exact) mass is 635 g/mol. The molecule has 0 radical (unpaired) electrons. The number of allylic oxidation sites excluding steroid dienone is 1. The van der Waals surface area contributed by atoms with Crippen molar-refractivity contribution < 1.29 is 38.8 Å². The Morgan fingerprint density at radius 3 is 2.57 bits per heavy atom. The SMILES string of the molecule is CC(C)C[C@@H]1CCOC2C(CNC2C(=O)NC2C/C=C\CC(CNC(=O)c3ccc(F)cc3)SC3OC2C(O)C(O)C3O)C1. The first-order chi connectivity index (χ1) is 21.1. The smallest absolute Gasteiger partial charge is 0.251 e. The number of carbonyl (C=O) groups is 2. The maximum atomic E-state index is 13.6. The third kappa shape index (κ3) is 8.01. The first-order valence-corrected chi connectivity index (χ1v) is 16.7. The lowest BCUT2D eigenvalue weighted by Crippen LogP contribution is -2.64. The van der Waals surface area contributed by atoms with Crippen LogP contribution in [0, 0.1) is 23.6 Å². The maximum absolute atomic E-state index is 13.6. The summed E-state index contributed by atoms with van der Waals surface area (Å²) in [5.41, 5.74) is -0.584. The molecule has 244 valence electrons. The van der Waals surface area contributed by atoms with Crippen molar-refractivity contribution in [1.82, 2.24) is 16.0 Å². The van der Waals surface area contributed by atoms with Gasteiger partial charge in [-0.25, -0.2) is 4.39 Å². The average molecular weight is 636 g/mol. The van der Waals surface area contributed by atoms with Gasteiger partial charge >= 0.3 is 0 Å². The zero-order valence-corrected chi connectivity index (χ0v) is 26.1. The summed E-state index contributed by atoms with van der Waals surface area (Å²) in [7, 11) is 0. The summed E-state index contributed by atoms with van der Waals surface area (Å²) >= 11 is 1.25. The van der Waals surface area contributed by atoms with Crippen molar-refractivity contribution in [2.75, 3.05) is 19.7 Å². The Morgan fingerprint density at radius 1 is 1.07 bits per heavy atom. The number of aliphatic hydroxyl groups excluding tert-OH is 3. The van der Waals surface area contributed by atoms with Gasteiger partial charge in [-0.05, 0) is 74.1 Å². The molecule has 0 saturated carbocycles. The van der Waals surface area contributed by atoms with Crippen molar-refractivity contribution in [3.63, 3.8) is 0 Å². The number of amides is 2. The van der Waals surface area contributed by atoms with Gasteiger partial charge in [0.25, 0.3) is 5.91 Å². The van der Waals surface area contributed by atoms with E-state index < -0.39 is 47.8 Å². The summed E-state index contributed by atoms with van der Waals surface area (Å²) in [5.74, 6) is 0.403. The molecule has 10 unspecified atom stereocenters. The zero-order valence-electron chi connectivity index (χ0n) is 25.3. The second-order valence-electron chi connectivity index (χ2n) is 13.0. The molecular weight excluding hydrogens is 589 g/mol. The lowest BCUT2D eigenvalue weighted by molar-refractivity contribution is -0.205. The number of rotatable bonds is 7. The van der Waals surface area contributed by atoms with E-state index in [9.17, 15) is 29.3 Å². The number of carbonyl (C=O) groups excluding carboxylic acids is 2. The van der Waals surface area contributed by atoms with E-state index in [0.29, 0.717) is 43.4 Å². The second kappa shape index (κ2) is 15.0. The van der Waals surface area contributed by atoms with E-state index in [0.717, 1.165) is 19.3 Å². The van der Waals surface area contributed by atoms with E-state index in [-0.39, 0.29) is 35.6 Å². The summed E-state index contributed by atoms with van der Waals surface area (Å²) in [6.45, 7) is 6.02. The zero-order chi connectivity index (χ0) is 31.4. The van der Waals surface area contributed by atoms with Crippen molar-refractivity contribution in [3.8, 4) is 0 Å². The first-order valence-electron chi connectivity index (χ1n) is 15.8. The fourth-order valence-electron chi connectivity index (χ4n) is 6.92. The van der Waals surface area contributed by atoms with Gasteiger partial charge in [-0.3, -0.25) is 9.59 Å². The van der Waals surface area contributed by atoms with Crippen LogP contribution in [-0.4, -0.2) is 100 Å². The van der Waals surface area contributed by atoms with Gasteiger partial charge in [-0.15, -0.1) is 11.8 Å². The minimum absolute atomic E-state index is 0.226. The van der Waals surface area contributed by atoms with E-state index in [1.54, 1.807) is 0 Å². The minimum Gasteiger partial charge on any atom is -0.388 e. The summed E-state index contributed by atoms with van der Waals surface area (Å²) in [4.78, 5) is 26.2. The standard InChI is InChI=1S/C32H46FN3O7S/c1-17(2)13-18-11-12-42-28-20(14-18)15-34-24(28)31(41)36-23-6-4-3-5-22(16-35-30(40)19-7-9-21(33)10-8-19)44-32-27(39)25(37)26(38)29(23)43-32/h3-4,7-10,17-18,20,22-29,32,34,37-39H,5-6,11-16H2,1-2H3,(H,35,40)(H,36,41)/b4-3-/t18-,20?,22?,23?,24?,25?,26?,27?,28?,29?,32?/m0/s1. The van der Waals surface area contributed by atoms with Crippen LogP contribution in [0.25, 0.3) is 0 Å². The van der Waals surface area contributed by atoms with Gasteiger partial charge in [-0.1, -0.05) is 26.0 Å². The number of halogens is 1. The molecule has 0 aliphatic carbocycles. The number of hydrogen-bond acceptors (Lipinski definition) is 9. The van der Waals surface area contributed by atoms with Crippen LogP contribution in [0.4, 0.5) is 4.39 Å². The molecule has 12 heteroatoms. The van der Waals surface area contributed by atoms with E-state index in [4.69, 9.17) is 9.47 Å². The third-order valence-electron chi connectivity index (χ3n) is 9.16. The number of thioether (sulfide) groups is 1. The van der Waals surface area contributed by atoms with E-state index >= 15 is 0 Å². The van der Waals surface area contributed by atoms with Crippen LogP contribution in [0.1, 0.15) is 56.3 Å². The molecule has 6 N–H and O–H groups in total. The highest BCUT2D eigenvalue weighted by Gasteiger charge is 2.49. The molecule has 4 heterocycles. The topological polar surface area (TPSA) is 149 Å². The molecule has 10 nitrogen and oxygen atoms in total. The fraction of sp³-hybridized carbons (Fsp3) is 0.688. The number of aliphatic hydroxyl groups is 3. The van der Waals surface area contributed by atoms with Crippen molar-refractivity contribution in [3.05, 3.63) is 47.8 Å². The van der Waals surface area contributed by atoms with Crippen molar-refractivity contribution in [1.29, 1.82) is 0 Å². The molecule has 1 aromatic rings. The Kier molecular flexibility index (Phi) is 11.4.